The number of hydrogen-bond donors (Lipinski definition) is 1. The van der Waals surface area contributed by atoms with Crippen LogP contribution >= 0.6 is 21.6 Å². The van der Waals surface area contributed by atoms with Gasteiger partial charge in [0.1, 0.15) is 5.15 Å². The smallest absolute Gasteiger partial charge is 0.268 e. The van der Waals surface area contributed by atoms with Crippen molar-refractivity contribution >= 4 is 37.6 Å². The highest BCUT2D eigenvalue weighted by Crippen LogP contribution is 2.33. The molecular weight excluding hydrogens is 460 g/mol. The van der Waals surface area contributed by atoms with Crippen LogP contribution in [0.2, 0.25) is 5.15 Å². The van der Waals surface area contributed by atoms with E-state index in [1.54, 1.807) is 30.5 Å². The molecule has 3 aromatic rings. The van der Waals surface area contributed by atoms with Crippen molar-refractivity contribution in [2.45, 2.75) is 4.90 Å². The summed E-state index contributed by atoms with van der Waals surface area (Å²) < 4.78 is 33.8. The lowest BCUT2D eigenvalue weighted by Crippen LogP contribution is -2.31. The second kappa shape index (κ2) is 9.29. The first-order valence-corrected chi connectivity index (χ1v) is 14.1. The Balaban J connectivity index is 1.71. The first-order chi connectivity index (χ1) is 14.5. The van der Waals surface area contributed by atoms with Crippen molar-refractivity contribution in [3.05, 3.63) is 65.4 Å². The van der Waals surface area contributed by atoms with Gasteiger partial charge in [0.2, 0.25) is 5.88 Å². The van der Waals surface area contributed by atoms with Crippen molar-refractivity contribution in [2.24, 2.45) is 0 Å². The van der Waals surface area contributed by atoms with Gasteiger partial charge in [0.05, 0.1) is 17.1 Å². The number of carbonyl (C=O) groups is 1. The molecule has 0 saturated carbocycles. The quantitative estimate of drug-likeness (QED) is 0.495. The van der Waals surface area contributed by atoms with E-state index in [1.807, 2.05) is 4.72 Å². The number of nitrogens with zero attached hydrogens (tertiary/aromatic N) is 3. The molecule has 8 nitrogen and oxygen atoms in total. The maximum Gasteiger partial charge on any atom is 0.268 e. The third-order valence-electron chi connectivity index (χ3n) is 4.10. The molecule has 3 rings (SSSR count). The first-order valence-electron chi connectivity index (χ1n) is 9.19. The molecule has 0 unspecified atom stereocenters. The molecule has 0 aliphatic rings. The van der Waals surface area contributed by atoms with Gasteiger partial charge in [0.25, 0.3) is 15.9 Å². The summed E-state index contributed by atoms with van der Waals surface area (Å²) in [6, 6.07) is 12.2. The SMILES string of the molecule is CS(C)(C)CCOc1ccn(-c2ccc(C(=O)NS(=O)(=O)c3ccccc3)c(Cl)n2)n1. The van der Waals surface area contributed by atoms with Crippen LogP contribution in [0.3, 0.4) is 0 Å². The molecule has 0 radical (unpaired) electrons. The van der Waals surface area contributed by atoms with Crippen molar-refractivity contribution in [2.75, 3.05) is 31.1 Å². The monoisotopic (exact) mass is 482 g/mol. The Morgan fingerprint density at radius 3 is 2.45 bits per heavy atom. The molecule has 1 N–H and O–H groups in total. The average Bonchev–Trinajstić information content (AvgIpc) is 3.16. The summed E-state index contributed by atoms with van der Waals surface area (Å²) in [6.07, 6.45) is 8.30. The summed E-state index contributed by atoms with van der Waals surface area (Å²) in [5, 5.41) is 4.16. The molecule has 166 valence electrons. The van der Waals surface area contributed by atoms with E-state index < -0.39 is 26.0 Å². The van der Waals surface area contributed by atoms with Crippen molar-refractivity contribution in [1.29, 1.82) is 0 Å². The number of carbonyl (C=O) groups excluding carboxylic acids is 1. The summed E-state index contributed by atoms with van der Waals surface area (Å²) in [7, 11) is -4.68. The van der Waals surface area contributed by atoms with Gasteiger partial charge >= 0.3 is 0 Å². The second-order valence-electron chi connectivity index (χ2n) is 7.50. The van der Waals surface area contributed by atoms with Gasteiger partial charge in [-0.15, -0.1) is 5.10 Å². The number of amides is 1. The number of hydrogen-bond acceptors (Lipinski definition) is 6. The van der Waals surface area contributed by atoms with Gasteiger partial charge in [-0.2, -0.15) is 0 Å². The van der Waals surface area contributed by atoms with Gasteiger partial charge in [-0.3, -0.25) is 4.79 Å². The average molecular weight is 483 g/mol. The molecule has 1 amide bonds. The predicted octanol–water partition coefficient (Wildman–Crippen LogP) is 3.11. The molecule has 0 aliphatic carbocycles. The number of pyridine rings is 1. The van der Waals surface area contributed by atoms with E-state index in [-0.39, 0.29) is 15.6 Å². The summed E-state index contributed by atoms with van der Waals surface area (Å²) in [5.74, 6) is 0.905. The number of aromatic nitrogens is 3. The van der Waals surface area contributed by atoms with E-state index in [1.165, 1.54) is 28.9 Å². The van der Waals surface area contributed by atoms with Crippen molar-refractivity contribution in [3.8, 4) is 11.7 Å². The molecule has 2 heterocycles. The number of nitrogens with one attached hydrogen (secondary N) is 1. The molecule has 31 heavy (non-hydrogen) atoms. The zero-order valence-electron chi connectivity index (χ0n) is 17.3. The standard InChI is InChI=1S/C20H23ClN4O4S2/c1-30(2,3)14-13-29-18-11-12-25(23-18)17-10-9-16(19(21)22-17)20(26)24-31(27,28)15-7-5-4-6-8-15/h4-12H,13-14H2,1-3H3,(H,24,26). The molecule has 2 aromatic heterocycles. The highest BCUT2D eigenvalue weighted by Gasteiger charge is 2.21. The van der Waals surface area contributed by atoms with Crippen molar-refractivity contribution in [1.82, 2.24) is 19.5 Å². The fraction of sp³-hybridized carbons (Fsp3) is 0.250. The lowest BCUT2D eigenvalue weighted by molar-refractivity contribution is 0.0981. The van der Waals surface area contributed by atoms with E-state index in [2.05, 4.69) is 28.8 Å². The molecule has 0 spiro atoms. The second-order valence-corrected chi connectivity index (χ2v) is 14.1. The van der Waals surface area contributed by atoms with Crippen LogP contribution in [0.1, 0.15) is 10.4 Å². The molecule has 0 bridgehead atoms. The predicted molar refractivity (Wildman–Crippen MR) is 123 cm³/mol. The summed E-state index contributed by atoms with van der Waals surface area (Å²) in [4.78, 5) is 16.6. The van der Waals surface area contributed by atoms with E-state index in [9.17, 15) is 13.2 Å². The normalized spacial score (nSPS) is 12.4. The third-order valence-corrected chi connectivity index (χ3v) is 7.13. The largest absolute Gasteiger partial charge is 0.476 e. The number of ether oxygens (including phenoxy) is 1. The van der Waals surface area contributed by atoms with Gasteiger partial charge in [-0.25, -0.2) is 32.8 Å². The molecule has 0 aliphatic heterocycles. The van der Waals surface area contributed by atoms with Crippen molar-refractivity contribution < 1.29 is 17.9 Å². The van der Waals surface area contributed by atoms with Crippen LogP contribution < -0.4 is 9.46 Å². The third kappa shape index (κ3) is 6.22. The number of halogens is 1. The minimum Gasteiger partial charge on any atom is -0.476 e. The summed E-state index contributed by atoms with van der Waals surface area (Å²) in [6.45, 7) is 0.568. The van der Waals surface area contributed by atoms with E-state index >= 15 is 0 Å². The highest BCUT2D eigenvalue weighted by atomic mass is 35.5. The topological polar surface area (TPSA) is 103 Å². The minimum absolute atomic E-state index is 0.0267. The Hall–Kier alpha value is -2.56. The van der Waals surface area contributed by atoms with Crippen LogP contribution in [0.4, 0.5) is 0 Å². The summed E-state index contributed by atoms with van der Waals surface area (Å²) >= 11 is 6.15. The number of rotatable bonds is 8. The van der Waals surface area contributed by atoms with Crippen molar-refractivity contribution in [3.63, 3.8) is 0 Å². The Labute approximate surface area is 188 Å². The lowest BCUT2D eigenvalue weighted by atomic mass is 10.3. The molecule has 0 saturated heterocycles. The van der Waals surface area contributed by atoms with E-state index in [0.29, 0.717) is 18.3 Å². The Bertz CT molecular complexity index is 1180. The molecular formula is C20H23ClN4O4S2. The van der Waals surface area contributed by atoms with Gasteiger partial charge in [0, 0.05) is 18.0 Å². The van der Waals surface area contributed by atoms with Crippen LogP contribution in [-0.2, 0) is 10.0 Å². The lowest BCUT2D eigenvalue weighted by Gasteiger charge is -2.24. The van der Waals surface area contributed by atoms with Gasteiger partial charge in [-0.05, 0) is 43.0 Å². The van der Waals surface area contributed by atoms with Crippen LogP contribution in [0.5, 0.6) is 5.88 Å². The Morgan fingerprint density at radius 2 is 1.81 bits per heavy atom. The molecule has 0 fully saturated rings. The van der Waals surface area contributed by atoms with Crippen LogP contribution in [-0.4, -0.2) is 60.2 Å². The maximum atomic E-state index is 12.5. The van der Waals surface area contributed by atoms with Gasteiger partial charge in [0.15, 0.2) is 5.82 Å². The molecule has 0 atom stereocenters. The number of benzene rings is 1. The van der Waals surface area contributed by atoms with Gasteiger partial charge < -0.3 is 4.74 Å². The fourth-order valence-electron chi connectivity index (χ4n) is 2.47. The van der Waals surface area contributed by atoms with E-state index in [0.717, 1.165) is 5.75 Å². The molecule has 1 aromatic carbocycles. The van der Waals surface area contributed by atoms with Gasteiger partial charge in [-0.1, -0.05) is 29.8 Å². The fourth-order valence-corrected chi connectivity index (χ4v) is 4.27. The van der Waals surface area contributed by atoms with Crippen LogP contribution in [0.15, 0.2) is 59.6 Å². The van der Waals surface area contributed by atoms with Crippen LogP contribution in [0, 0.1) is 0 Å². The zero-order chi connectivity index (χ0) is 22.6. The van der Waals surface area contributed by atoms with E-state index in [4.69, 9.17) is 16.3 Å². The molecule has 11 heteroatoms. The maximum absolute atomic E-state index is 12.5. The summed E-state index contributed by atoms with van der Waals surface area (Å²) in [5.41, 5.74) is -0.0679. The Kier molecular flexibility index (Phi) is 6.93. The minimum atomic E-state index is -4.02. The zero-order valence-corrected chi connectivity index (χ0v) is 19.7. The first kappa shape index (κ1) is 23.1. The Morgan fingerprint density at radius 1 is 1.10 bits per heavy atom. The van der Waals surface area contributed by atoms with Crippen LogP contribution in [0.25, 0.3) is 5.82 Å². The highest BCUT2D eigenvalue weighted by molar-refractivity contribution is 8.32. The number of sulfonamides is 1.